The van der Waals surface area contributed by atoms with Gasteiger partial charge in [0.2, 0.25) is 0 Å². The van der Waals surface area contributed by atoms with Crippen molar-refractivity contribution in [3.63, 3.8) is 0 Å². The number of ether oxygens (including phenoxy) is 1. The zero-order valence-corrected chi connectivity index (χ0v) is 14.5. The van der Waals surface area contributed by atoms with Gasteiger partial charge in [0.15, 0.2) is 0 Å². The minimum absolute atomic E-state index is 0.0204. The molecular weight excluding hydrogens is 298 g/mol. The highest BCUT2D eigenvalue weighted by Gasteiger charge is 2.31. The summed E-state index contributed by atoms with van der Waals surface area (Å²) in [4.78, 5) is 29.9. The second-order valence-corrected chi connectivity index (χ2v) is 7.37. The molecule has 0 aliphatic carbocycles. The number of hydrogen-bond donors (Lipinski definition) is 1. The van der Waals surface area contributed by atoms with Gasteiger partial charge in [-0.1, -0.05) is 0 Å². The number of piperazine rings is 1. The van der Waals surface area contributed by atoms with Crippen LogP contribution in [0.25, 0.3) is 0 Å². The summed E-state index contributed by atoms with van der Waals surface area (Å²) in [6.45, 7) is 9.10. The lowest BCUT2D eigenvalue weighted by molar-refractivity contribution is 0.0149. The van der Waals surface area contributed by atoms with E-state index in [9.17, 15) is 14.7 Å². The first-order chi connectivity index (χ1) is 10.8. The molecule has 2 fully saturated rings. The van der Waals surface area contributed by atoms with E-state index in [1.165, 1.54) is 0 Å². The first-order valence-corrected chi connectivity index (χ1v) is 8.43. The van der Waals surface area contributed by atoms with E-state index in [4.69, 9.17) is 4.74 Å². The summed E-state index contributed by atoms with van der Waals surface area (Å²) in [5.41, 5.74) is -0.503. The second kappa shape index (κ2) is 7.38. The summed E-state index contributed by atoms with van der Waals surface area (Å²) in [5.74, 6) is 0.191. The van der Waals surface area contributed by atoms with Gasteiger partial charge in [-0.05, 0) is 39.5 Å². The number of urea groups is 1. The predicted octanol–water partition coefficient (Wildman–Crippen LogP) is 1.36. The number of carbonyl (C=O) groups excluding carboxylic acids is 2. The second-order valence-electron chi connectivity index (χ2n) is 7.37. The van der Waals surface area contributed by atoms with Crippen molar-refractivity contribution in [2.75, 3.05) is 45.9 Å². The lowest BCUT2D eigenvalue weighted by Gasteiger charge is -2.40. The van der Waals surface area contributed by atoms with Crippen LogP contribution in [0.15, 0.2) is 0 Å². The molecule has 7 nitrogen and oxygen atoms in total. The molecule has 0 saturated carbocycles. The molecule has 0 aromatic carbocycles. The number of nitrogens with zero attached hydrogens (tertiary/aromatic N) is 3. The highest BCUT2D eigenvalue weighted by atomic mass is 16.6. The van der Waals surface area contributed by atoms with E-state index in [-0.39, 0.29) is 24.6 Å². The molecule has 0 spiro atoms. The van der Waals surface area contributed by atoms with Gasteiger partial charge < -0.3 is 24.5 Å². The lowest BCUT2D eigenvalue weighted by Crippen LogP contribution is -2.56. The molecule has 0 bridgehead atoms. The van der Waals surface area contributed by atoms with Gasteiger partial charge in [-0.25, -0.2) is 9.59 Å². The van der Waals surface area contributed by atoms with Crippen LogP contribution in [0.5, 0.6) is 0 Å². The predicted molar refractivity (Wildman–Crippen MR) is 86.2 cm³/mol. The first-order valence-electron chi connectivity index (χ1n) is 8.43. The Morgan fingerprint density at radius 2 is 1.65 bits per heavy atom. The van der Waals surface area contributed by atoms with Crippen molar-refractivity contribution >= 4 is 12.1 Å². The third-order valence-electron chi connectivity index (χ3n) is 4.25. The van der Waals surface area contributed by atoms with Crippen LogP contribution < -0.4 is 0 Å². The molecule has 2 rings (SSSR count). The molecule has 2 aliphatic rings. The van der Waals surface area contributed by atoms with Crippen LogP contribution in [0.3, 0.4) is 0 Å². The van der Waals surface area contributed by atoms with Crippen LogP contribution in [0, 0.1) is 5.92 Å². The summed E-state index contributed by atoms with van der Waals surface area (Å²) in [6.07, 6.45) is 1.60. The van der Waals surface area contributed by atoms with Crippen molar-refractivity contribution in [3.8, 4) is 0 Å². The summed E-state index contributed by atoms with van der Waals surface area (Å²) in [5, 5.41) is 9.28. The Labute approximate surface area is 138 Å². The zero-order valence-electron chi connectivity index (χ0n) is 14.5. The minimum Gasteiger partial charge on any atom is -0.444 e. The van der Waals surface area contributed by atoms with Crippen molar-refractivity contribution in [3.05, 3.63) is 0 Å². The van der Waals surface area contributed by atoms with Crippen LogP contribution >= 0.6 is 0 Å². The van der Waals surface area contributed by atoms with Gasteiger partial charge in [0.25, 0.3) is 0 Å². The molecule has 2 heterocycles. The fourth-order valence-electron chi connectivity index (χ4n) is 2.99. The molecule has 2 saturated heterocycles. The van der Waals surface area contributed by atoms with Crippen LogP contribution in [0.2, 0.25) is 0 Å². The Morgan fingerprint density at radius 3 is 2.22 bits per heavy atom. The summed E-state index contributed by atoms with van der Waals surface area (Å²) < 4.78 is 5.36. The topological polar surface area (TPSA) is 73.3 Å². The molecular formula is C16H29N3O4. The fourth-order valence-corrected chi connectivity index (χ4v) is 2.99. The van der Waals surface area contributed by atoms with E-state index in [2.05, 4.69) is 0 Å². The Hall–Kier alpha value is -1.50. The molecule has 0 radical (unpaired) electrons. The Bertz CT molecular complexity index is 428. The average molecular weight is 327 g/mol. The summed E-state index contributed by atoms with van der Waals surface area (Å²) >= 11 is 0. The maximum absolute atomic E-state index is 12.6. The first kappa shape index (κ1) is 17.8. The number of amides is 3. The van der Waals surface area contributed by atoms with Gasteiger partial charge in [0, 0.05) is 45.9 Å². The molecule has 0 aromatic heterocycles. The van der Waals surface area contributed by atoms with Crippen molar-refractivity contribution in [1.29, 1.82) is 0 Å². The number of hydrogen-bond acceptors (Lipinski definition) is 4. The highest BCUT2D eigenvalue weighted by molar-refractivity contribution is 5.75. The number of aliphatic hydroxyl groups excluding tert-OH is 1. The number of carbonyl (C=O) groups is 2. The molecule has 3 amide bonds. The van der Waals surface area contributed by atoms with Crippen LogP contribution in [0.4, 0.5) is 9.59 Å². The molecule has 1 N–H and O–H groups in total. The lowest BCUT2D eigenvalue weighted by atomic mass is 9.99. The van der Waals surface area contributed by atoms with Crippen molar-refractivity contribution in [1.82, 2.24) is 14.7 Å². The normalized spacial score (nSPS) is 23.0. The number of aliphatic hydroxyl groups is 1. The fraction of sp³-hybridized carbons (Fsp3) is 0.875. The highest BCUT2D eigenvalue weighted by Crippen LogP contribution is 2.18. The molecule has 7 heteroatoms. The quantitative estimate of drug-likeness (QED) is 0.789. The van der Waals surface area contributed by atoms with E-state index in [0.717, 1.165) is 19.4 Å². The molecule has 2 aliphatic heterocycles. The standard InChI is InChI=1S/C16H29N3O4/c1-16(2,3)23-15(22)18-9-7-17(8-10-18)14(21)19-6-4-5-13(11-19)12-20/h13,20H,4-12H2,1-3H3/t13-/m1/s1. The van der Waals surface area contributed by atoms with Crippen molar-refractivity contribution in [2.45, 2.75) is 39.2 Å². The third-order valence-corrected chi connectivity index (χ3v) is 4.25. The maximum Gasteiger partial charge on any atom is 0.410 e. The minimum atomic E-state index is -0.503. The van der Waals surface area contributed by atoms with E-state index < -0.39 is 5.60 Å². The van der Waals surface area contributed by atoms with Crippen LogP contribution in [-0.4, -0.2) is 83.4 Å². The van der Waals surface area contributed by atoms with Gasteiger partial charge in [-0.2, -0.15) is 0 Å². The van der Waals surface area contributed by atoms with Crippen LogP contribution in [0.1, 0.15) is 33.6 Å². The zero-order chi connectivity index (χ0) is 17.0. The van der Waals surface area contributed by atoms with E-state index in [1.807, 2.05) is 25.7 Å². The third kappa shape index (κ3) is 4.99. The van der Waals surface area contributed by atoms with Crippen molar-refractivity contribution in [2.24, 2.45) is 5.92 Å². The van der Waals surface area contributed by atoms with Crippen LogP contribution in [-0.2, 0) is 4.74 Å². The average Bonchev–Trinajstić information content (AvgIpc) is 2.53. The van der Waals surface area contributed by atoms with Gasteiger partial charge in [-0.15, -0.1) is 0 Å². The van der Waals surface area contributed by atoms with Gasteiger partial charge in [0.05, 0.1) is 0 Å². The van der Waals surface area contributed by atoms with Gasteiger partial charge >= 0.3 is 12.1 Å². The van der Waals surface area contributed by atoms with E-state index in [0.29, 0.717) is 32.7 Å². The molecule has 132 valence electrons. The Kier molecular flexibility index (Phi) is 5.73. The number of rotatable bonds is 1. The molecule has 23 heavy (non-hydrogen) atoms. The van der Waals surface area contributed by atoms with E-state index >= 15 is 0 Å². The molecule has 1 atom stereocenters. The number of piperidine rings is 1. The van der Waals surface area contributed by atoms with E-state index in [1.54, 1.807) is 9.80 Å². The monoisotopic (exact) mass is 327 g/mol. The van der Waals surface area contributed by atoms with Gasteiger partial charge in [-0.3, -0.25) is 0 Å². The largest absolute Gasteiger partial charge is 0.444 e. The maximum atomic E-state index is 12.6. The summed E-state index contributed by atoms with van der Waals surface area (Å²) in [7, 11) is 0. The SMILES string of the molecule is CC(C)(C)OC(=O)N1CCN(C(=O)N2CCC[C@@H](CO)C2)CC1. The Morgan fingerprint density at radius 1 is 1.04 bits per heavy atom. The Balaban J connectivity index is 1.82. The van der Waals surface area contributed by atoms with Crippen molar-refractivity contribution < 1.29 is 19.4 Å². The summed E-state index contributed by atoms with van der Waals surface area (Å²) in [6, 6.07) is 0.0204. The van der Waals surface area contributed by atoms with Gasteiger partial charge in [0.1, 0.15) is 5.60 Å². The number of likely N-dealkylation sites (tertiary alicyclic amines) is 1. The smallest absolute Gasteiger partial charge is 0.410 e. The molecule has 0 unspecified atom stereocenters. The molecule has 0 aromatic rings.